The van der Waals surface area contributed by atoms with Crippen LogP contribution in [0.3, 0.4) is 0 Å². The normalized spacial score (nSPS) is 24.4. The number of aliphatic carboxylic acids is 1. The maximum absolute atomic E-state index is 12.8. The number of ether oxygens (including phenoxy) is 2. The number of amides is 1. The minimum absolute atomic E-state index is 0.0546. The molecule has 2 rings (SSSR count). The van der Waals surface area contributed by atoms with Crippen molar-refractivity contribution in [1.29, 1.82) is 0 Å². The average molecular weight is 349 g/mol. The molecule has 1 aliphatic rings. The molecule has 1 aromatic rings. The van der Waals surface area contributed by atoms with E-state index in [-0.39, 0.29) is 12.0 Å². The molecule has 0 saturated heterocycles. The van der Waals surface area contributed by atoms with Crippen LogP contribution >= 0.6 is 0 Å². The molecule has 1 saturated carbocycles. The quantitative estimate of drug-likeness (QED) is 0.825. The van der Waals surface area contributed by atoms with Gasteiger partial charge in [-0.3, -0.25) is 4.79 Å². The first-order valence-corrected chi connectivity index (χ1v) is 8.55. The van der Waals surface area contributed by atoms with Gasteiger partial charge >= 0.3 is 5.97 Å². The molecule has 1 unspecified atom stereocenters. The SMILES string of the molecule is COc1cc(C)ccc1C(C)C(=O)NC1(C(=O)O)CCC(OC)CC1. The van der Waals surface area contributed by atoms with E-state index in [0.717, 1.165) is 11.1 Å². The van der Waals surface area contributed by atoms with Crippen LogP contribution < -0.4 is 10.1 Å². The molecule has 2 N–H and O–H groups in total. The molecule has 1 atom stereocenters. The van der Waals surface area contributed by atoms with Gasteiger partial charge in [-0.2, -0.15) is 0 Å². The zero-order valence-electron chi connectivity index (χ0n) is 15.3. The van der Waals surface area contributed by atoms with Crippen molar-refractivity contribution < 1.29 is 24.2 Å². The fraction of sp³-hybridized carbons (Fsp3) is 0.579. The van der Waals surface area contributed by atoms with E-state index in [1.165, 1.54) is 0 Å². The molecule has 0 aliphatic heterocycles. The van der Waals surface area contributed by atoms with Crippen LogP contribution in [0.25, 0.3) is 0 Å². The number of rotatable bonds is 6. The third kappa shape index (κ3) is 4.12. The Kier molecular flexibility index (Phi) is 6.06. The van der Waals surface area contributed by atoms with Crippen molar-refractivity contribution in [2.45, 2.75) is 57.1 Å². The Bertz CT molecular complexity index is 635. The molecule has 1 fully saturated rings. The van der Waals surface area contributed by atoms with E-state index in [9.17, 15) is 14.7 Å². The lowest BCUT2D eigenvalue weighted by atomic mass is 9.79. The van der Waals surface area contributed by atoms with Crippen LogP contribution in [0.15, 0.2) is 18.2 Å². The Morgan fingerprint density at radius 1 is 1.28 bits per heavy atom. The van der Waals surface area contributed by atoms with Crippen molar-refractivity contribution in [3.05, 3.63) is 29.3 Å². The largest absolute Gasteiger partial charge is 0.496 e. The molecule has 138 valence electrons. The molecule has 1 aliphatic carbocycles. The molecule has 0 radical (unpaired) electrons. The number of carbonyl (C=O) groups is 2. The van der Waals surface area contributed by atoms with Crippen molar-refractivity contribution in [2.24, 2.45) is 0 Å². The maximum atomic E-state index is 12.8. The number of nitrogens with one attached hydrogen (secondary N) is 1. The molecular weight excluding hydrogens is 322 g/mol. The molecule has 6 nitrogen and oxygen atoms in total. The molecule has 1 aromatic carbocycles. The van der Waals surface area contributed by atoms with E-state index in [1.807, 2.05) is 25.1 Å². The van der Waals surface area contributed by atoms with Gasteiger partial charge in [0, 0.05) is 12.7 Å². The Labute approximate surface area is 148 Å². The fourth-order valence-corrected chi connectivity index (χ4v) is 3.37. The second-order valence-corrected chi connectivity index (χ2v) is 6.78. The summed E-state index contributed by atoms with van der Waals surface area (Å²) in [5, 5.41) is 12.5. The van der Waals surface area contributed by atoms with Crippen molar-refractivity contribution in [1.82, 2.24) is 5.32 Å². The standard InChI is InChI=1S/C19H27NO5/c1-12-5-6-15(16(11-12)25-4)13(2)17(21)20-19(18(22)23)9-7-14(24-3)8-10-19/h5-6,11,13-14H,7-10H2,1-4H3,(H,20,21)(H,22,23). The molecule has 25 heavy (non-hydrogen) atoms. The van der Waals surface area contributed by atoms with Crippen molar-refractivity contribution in [3.63, 3.8) is 0 Å². The van der Waals surface area contributed by atoms with Crippen LogP contribution in [0, 0.1) is 6.92 Å². The predicted octanol–water partition coefficient (Wildman–Crippen LogP) is 2.64. The summed E-state index contributed by atoms with van der Waals surface area (Å²) in [6, 6.07) is 5.64. The van der Waals surface area contributed by atoms with E-state index in [4.69, 9.17) is 9.47 Å². The summed E-state index contributed by atoms with van der Waals surface area (Å²) in [6.07, 6.45) is 2.02. The molecule has 0 spiro atoms. The monoisotopic (exact) mass is 349 g/mol. The Morgan fingerprint density at radius 2 is 1.92 bits per heavy atom. The first kappa shape index (κ1) is 19.2. The van der Waals surface area contributed by atoms with E-state index in [0.29, 0.717) is 31.4 Å². The zero-order chi connectivity index (χ0) is 18.6. The number of methoxy groups -OCH3 is 2. The first-order valence-electron chi connectivity index (χ1n) is 8.55. The van der Waals surface area contributed by atoms with Crippen molar-refractivity contribution in [2.75, 3.05) is 14.2 Å². The summed E-state index contributed by atoms with van der Waals surface area (Å²) in [7, 11) is 3.19. The third-order valence-corrected chi connectivity index (χ3v) is 5.14. The van der Waals surface area contributed by atoms with Gasteiger partial charge in [0.15, 0.2) is 0 Å². The molecule has 1 amide bonds. The van der Waals surface area contributed by atoms with Gasteiger partial charge in [-0.1, -0.05) is 12.1 Å². The van der Waals surface area contributed by atoms with Crippen LogP contribution in [-0.4, -0.2) is 42.8 Å². The lowest BCUT2D eigenvalue weighted by Crippen LogP contribution is -2.57. The number of carbonyl (C=O) groups excluding carboxylic acids is 1. The number of hydrogen-bond donors (Lipinski definition) is 2. The van der Waals surface area contributed by atoms with Gasteiger partial charge in [0.2, 0.25) is 5.91 Å². The molecule has 0 aromatic heterocycles. The lowest BCUT2D eigenvalue weighted by Gasteiger charge is -2.37. The number of aryl methyl sites for hydroxylation is 1. The van der Waals surface area contributed by atoms with Crippen LogP contribution in [0.4, 0.5) is 0 Å². The molecule has 0 heterocycles. The van der Waals surface area contributed by atoms with Crippen LogP contribution in [0.1, 0.15) is 49.7 Å². The van der Waals surface area contributed by atoms with Gasteiger partial charge in [-0.15, -0.1) is 0 Å². The highest BCUT2D eigenvalue weighted by molar-refractivity contribution is 5.90. The minimum atomic E-state index is -1.22. The summed E-state index contributed by atoms with van der Waals surface area (Å²) in [4.78, 5) is 24.6. The highest BCUT2D eigenvalue weighted by Crippen LogP contribution is 2.33. The number of hydrogen-bond acceptors (Lipinski definition) is 4. The topological polar surface area (TPSA) is 84.9 Å². The van der Waals surface area contributed by atoms with Crippen molar-refractivity contribution >= 4 is 11.9 Å². The van der Waals surface area contributed by atoms with Gasteiger partial charge in [-0.05, 0) is 51.2 Å². The number of benzene rings is 1. The third-order valence-electron chi connectivity index (χ3n) is 5.14. The van der Waals surface area contributed by atoms with E-state index in [2.05, 4.69) is 5.32 Å². The van der Waals surface area contributed by atoms with Crippen molar-refractivity contribution in [3.8, 4) is 5.75 Å². The Balaban J connectivity index is 2.17. The zero-order valence-corrected chi connectivity index (χ0v) is 15.3. The van der Waals surface area contributed by atoms with Crippen LogP contribution in [0.2, 0.25) is 0 Å². The van der Waals surface area contributed by atoms with Crippen LogP contribution in [0.5, 0.6) is 5.75 Å². The van der Waals surface area contributed by atoms with E-state index >= 15 is 0 Å². The predicted molar refractivity (Wildman–Crippen MR) is 93.9 cm³/mol. The molecule has 0 bridgehead atoms. The minimum Gasteiger partial charge on any atom is -0.496 e. The summed E-state index contributed by atoms with van der Waals surface area (Å²) >= 11 is 0. The number of carboxylic acid groups (broad SMARTS) is 1. The van der Waals surface area contributed by atoms with Gasteiger partial charge in [-0.25, -0.2) is 4.79 Å². The summed E-state index contributed by atoms with van der Waals surface area (Å²) in [5.41, 5.74) is 0.558. The highest BCUT2D eigenvalue weighted by Gasteiger charge is 2.44. The first-order chi connectivity index (χ1) is 11.8. The Hall–Kier alpha value is -2.08. The highest BCUT2D eigenvalue weighted by atomic mass is 16.5. The lowest BCUT2D eigenvalue weighted by molar-refractivity contribution is -0.150. The second-order valence-electron chi connectivity index (χ2n) is 6.78. The van der Waals surface area contributed by atoms with Gasteiger partial charge in [0.05, 0.1) is 19.1 Å². The van der Waals surface area contributed by atoms with Gasteiger partial charge < -0.3 is 19.9 Å². The maximum Gasteiger partial charge on any atom is 0.329 e. The smallest absolute Gasteiger partial charge is 0.329 e. The van der Waals surface area contributed by atoms with Gasteiger partial charge in [0.1, 0.15) is 11.3 Å². The fourth-order valence-electron chi connectivity index (χ4n) is 3.37. The molecular formula is C19H27NO5. The van der Waals surface area contributed by atoms with E-state index < -0.39 is 17.4 Å². The average Bonchev–Trinajstić information content (AvgIpc) is 2.61. The van der Waals surface area contributed by atoms with Crippen LogP contribution in [-0.2, 0) is 14.3 Å². The summed E-state index contributed by atoms with van der Waals surface area (Å²) < 4.78 is 10.7. The summed E-state index contributed by atoms with van der Waals surface area (Å²) in [6.45, 7) is 3.71. The van der Waals surface area contributed by atoms with Gasteiger partial charge in [0.25, 0.3) is 0 Å². The van der Waals surface area contributed by atoms with E-state index in [1.54, 1.807) is 21.1 Å². The summed E-state index contributed by atoms with van der Waals surface area (Å²) in [5.74, 6) is -1.17. The molecule has 6 heteroatoms. The Morgan fingerprint density at radius 3 is 2.44 bits per heavy atom. The second kappa shape index (κ2) is 7.87. The number of carboxylic acids is 1.